The lowest BCUT2D eigenvalue weighted by Crippen LogP contribution is -2.48. The van der Waals surface area contributed by atoms with Crippen molar-refractivity contribution in [2.75, 3.05) is 52.5 Å². The normalized spacial score (nSPS) is 20.2. The Balaban J connectivity index is 1.39. The van der Waals surface area contributed by atoms with Gasteiger partial charge in [-0.15, -0.1) is 11.3 Å². The molecule has 170 valence electrons. The van der Waals surface area contributed by atoms with Crippen molar-refractivity contribution in [3.63, 3.8) is 0 Å². The molecule has 0 radical (unpaired) electrons. The number of piperazine rings is 1. The van der Waals surface area contributed by atoms with Crippen LogP contribution in [0.25, 0.3) is 0 Å². The molecule has 11 heteroatoms. The summed E-state index contributed by atoms with van der Waals surface area (Å²) in [6, 6.07) is 10.5. The smallest absolute Gasteiger partial charge is 0.252 e. The van der Waals surface area contributed by atoms with Gasteiger partial charge in [-0.05, 0) is 36.8 Å². The molecule has 2 fully saturated rings. The molecule has 1 aromatic carbocycles. The van der Waals surface area contributed by atoms with E-state index in [0.29, 0.717) is 68.1 Å². The average Bonchev–Trinajstić information content (AvgIpc) is 3.22. The van der Waals surface area contributed by atoms with Crippen LogP contribution in [0.3, 0.4) is 0 Å². The fourth-order valence-corrected chi connectivity index (χ4v) is 8.14. The molecule has 0 atom stereocenters. The van der Waals surface area contributed by atoms with Crippen LogP contribution in [0.15, 0.2) is 45.5 Å². The minimum atomic E-state index is -3.53. The quantitative estimate of drug-likeness (QED) is 0.618. The van der Waals surface area contributed by atoms with E-state index >= 15 is 0 Å². The van der Waals surface area contributed by atoms with Gasteiger partial charge in [-0.1, -0.05) is 12.1 Å². The molecule has 3 heterocycles. The predicted molar refractivity (Wildman–Crippen MR) is 119 cm³/mol. The molecule has 8 nitrogen and oxygen atoms in total. The molecular formula is C20H27N3O5S3. The maximum absolute atomic E-state index is 12.9. The summed E-state index contributed by atoms with van der Waals surface area (Å²) in [6.07, 6.45) is 0. The van der Waals surface area contributed by atoms with Gasteiger partial charge in [0.15, 0.2) is 0 Å². The SMILES string of the molecule is Cc1ccc(S(=O)(=O)N2CCN(Cc3cccc(S(=O)(=O)N4CCOCC4)c3)CC2)s1. The van der Waals surface area contributed by atoms with Gasteiger partial charge < -0.3 is 4.74 Å². The van der Waals surface area contributed by atoms with Crippen LogP contribution in [-0.2, 0) is 31.3 Å². The van der Waals surface area contributed by atoms with Gasteiger partial charge in [0.25, 0.3) is 10.0 Å². The first-order valence-corrected chi connectivity index (χ1v) is 13.9. The van der Waals surface area contributed by atoms with E-state index < -0.39 is 20.0 Å². The summed E-state index contributed by atoms with van der Waals surface area (Å²) in [5.41, 5.74) is 0.902. The van der Waals surface area contributed by atoms with Crippen molar-refractivity contribution in [3.05, 3.63) is 46.8 Å². The zero-order valence-electron chi connectivity index (χ0n) is 17.4. The van der Waals surface area contributed by atoms with Crippen LogP contribution in [0.5, 0.6) is 0 Å². The molecule has 0 saturated carbocycles. The lowest BCUT2D eigenvalue weighted by Gasteiger charge is -2.33. The molecule has 2 aromatic rings. The standard InChI is InChI=1S/C20H27N3O5S3/c1-17-5-6-20(29-17)31(26,27)22-9-7-21(8-10-22)16-18-3-2-4-19(15-18)30(24,25)23-11-13-28-14-12-23/h2-6,15H,7-14,16H2,1H3. The Hall–Kier alpha value is -1.34. The molecule has 0 amide bonds. The van der Waals surface area contributed by atoms with Crippen molar-refractivity contribution in [2.45, 2.75) is 22.6 Å². The Morgan fingerprint density at radius 2 is 1.55 bits per heavy atom. The molecule has 0 bridgehead atoms. The molecule has 2 saturated heterocycles. The van der Waals surface area contributed by atoms with Gasteiger partial charge in [0.2, 0.25) is 10.0 Å². The van der Waals surface area contributed by atoms with Crippen LogP contribution in [0.2, 0.25) is 0 Å². The van der Waals surface area contributed by atoms with Gasteiger partial charge in [0.1, 0.15) is 4.21 Å². The first-order chi connectivity index (χ1) is 14.8. The summed E-state index contributed by atoms with van der Waals surface area (Å²) in [5.74, 6) is 0. The first-order valence-electron chi connectivity index (χ1n) is 10.2. The Labute approximate surface area is 188 Å². The highest BCUT2D eigenvalue weighted by molar-refractivity contribution is 7.91. The summed E-state index contributed by atoms with van der Waals surface area (Å²) >= 11 is 1.30. The van der Waals surface area contributed by atoms with Crippen molar-refractivity contribution in [1.29, 1.82) is 0 Å². The van der Waals surface area contributed by atoms with E-state index in [2.05, 4.69) is 4.90 Å². The fraction of sp³-hybridized carbons (Fsp3) is 0.500. The highest BCUT2D eigenvalue weighted by Gasteiger charge is 2.30. The highest BCUT2D eigenvalue weighted by atomic mass is 32.2. The van der Waals surface area contributed by atoms with Crippen molar-refractivity contribution in [1.82, 2.24) is 13.5 Å². The number of sulfonamides is 2. The Morgan fingerprint density at radius 1 is 0.871 bits per heavy atom. The topological polar surface area (TPSA) is 87.2 Å². The van der Waals surface area contributed by atoms with Crippen LogP contribution in [0, 0.1) is 6.92 Å². The van der Waals surface area contributed by atoms with E-state index in [1.54, 1.807) is 24.3 Å². The number of hydrogen-bond donors (Lipinski definition) is 0. The molecular weight excluding hydrogens is 458 g/mol. The van der Waals surface area contributed by atoms with Gasteiger partial charge in [0.05, 0.1) is 18.1 Å². The van der Waals surface area contributed by atoms with Crippen LogP contribution in [-0.4, -0.2) is 82.8 Å². The van der Waals surface area contributed by atoms with Crippen LogP contribution in [0.1, 0.15) is 10.4 Å². The van der Waals surface area contributed by atoms with E-state index in [9.17, 15) is 16.8 Å². The van der Waals surface area contributed by atoms with Crippen molar-refractivity contribution in [3.8, 4) is 0 Å². The second kappa shape index (κ2) is 9.26. The summed E-state index contributed by atoms with van der Waals surface area (Å²) in [5, 5.41) is 0. The molecule has 2 aliphatic heterocycles. The molecule has 1 aromatic heterocycles. The summed E-state index contributed by atoms with van der Waals surface area (Å²) in [7, 11) is -6.98. The van der Waals surface area contributed by atoms with Crippen molar-refractivity contribution in [2.24, 2.45) is 0 Å². The molecule has 0 aliphatic carbocycles. The average molecular weight is 486 g/mol. The third-order valence-corrected chi connectivity index (χ3v) is 10.8. The molecule has 4 rings (SSSR count). The van der Waals surface area contributed by atoms with Gasteiger partial charge in [0, 0.05) is 50.7 Å². The van der Waals surface area contributed by atoms with Crippen LogP contribution >= 0.6 is 11.3 Å². The Bertz CT molecular complexity index is 1120. The summed E-state index contributed by atoms with van der Waals surface area (Å²) < 4.78 is 60.1. The number of nitrogens with zero attached hydrogens (tertiary/aromatic N) is 3. The van der Waals surface area contributed by atoms with Crippen LogP contribution < -0.4 is 0 Å². The van der Waals surface area contributed by atoms with Gasteiger partial charge in [-0.25, -0.2) is 16.8 Å². The summed E-state index contributed by atoms with van der Waals surface area (Å²) in [6.45, 7) is 6.09. The van der Waals surface area contributed by atoms with Gasteiger partial charge >= 0.3 is 0 Å². The van der Waals surface area contributed by atoms with E-state index in [0.717, 1.165) is 10.4 Å². The zero-order valence-corrected chi connectivity index (χ0v) is 19.9. The highest BCUT2D eigenvalue weighted by Crippen LogP contribution is 2.25. The van der Waals surface area contributed by atoms with E-state index in [4.69, 9.17) is 4.74 Å². The van der Waals surface area contributed by atoms with Gasteiger partial charge in [-0.2, -0.15) is 8.61 Å². The molecule has 0 spiro atoms. The number of hydrogen-bond acceptors (Lipinski definition) is 7. The maximum Gasteiger partial charge on any atom is 0.252 e. The van der Waals surface area contributed by atoms with E-state index in [1.165, 1.54) is 19.9 Å². The second-order valence-electron chi connectivity index (χ2n) is 7.71. The molecule has 2 aliphatic rings. The molecule has 0 N–H and O–H groups in total. The second-order valence-corrected chi connectivity index (χ2v) is 13.1. The minimum absolute atomic E-state index is 0.293. The van der Waals surface area contributed by atoms with Gasteiger partial charge in [-0.3, -0.25) is 4.90 Å². The third-order valence-electron chi connectivity index (χ3n) is 5.55. The van der Waals surface area contributed by atoms with Crippen molar-refractivity contribution >= 4 is 31.4 Å². The molecule has 0 unspecified atom stereocenters. The minimum Gasteiger partial charge on any atom is -0.379 e. The fourth-order valence-electron chi connectivity index (χ4n) is 3.80. The maximum atomic E-state index is 12.9. The number of ether oxygens (including phenoxy) is 1. The number of morpholine rings is 1. The lowest BCUT2D eigenvalue weighted by atomic mass is 10.2. The van der Waals surface area contributed by atoms with Crippen LogP contribution in [0.4, 0.5) is 0 Å². The number of aryl methyl sites for hydroxylation is 1. The van der Waals surface area contributed by atoms with E-state index in [1.807, 2.05) is 19.1 Å². The largest absolute Gasteiger partial charge is 0.379 e. The van der Waals surface area contributed by atoms with Crippen molar-refractivity contribution < 1.29 is 21.6 Å². The Morgan fingerprint density at radius 3 is 2.19 bits per heavy atom. The molecule has 31 heavy (non-hydrogen) atoms. The Kier molecular flexibility index (Phi) is 6.82. The predicted octanol–water partition coefficient (Wildman–Crippen LogP) is 1.58. The lowest BCUT2D eigenvalue weighted by molar-refractivity contribution is 0.0730. The third kappa shape index (κ3) is 5.03. The number of rotatable bonds is 6. The monoisotopic (exact) mass is 485 g/mol. The number of benzene rings is 1. The first kappa shape index (κ1) is 22.8. The zero-order chi connectivity index (χ0) is 22.1. The van der Waals surface area contributed by atoms with E-state index in [-0.39, 0.29) is 0 Å². The summed E-state index contributed by atoms with van der Waals surface area (Å²) in [4.78, 5) is 3.43. The number of thiophene rings is 1.